The van der Waals surface area contributed by atoms with Gasteiger partial charge in [0.2, 0.25) is 0 Å². The number of rotatable bonds is 6. The van der Waals surface area contributed by atoms with Crippen molar-refractivity contribution in [3.8, 4) is 5.69 Å². The Balaban J connectivity index is 1.67. The molecule has 148 valence electrons. The van der Waals surface area contributed by atoms with Crippen LogP contribution in [0.1, 0.15) is 44.7 Å². The van der Waals surface area contributed by atoms with Gasteiger partial charge in [0.15, 0.2) is 5.78 Å². The van der Waals surface area contributed by atoms with Gasteiger partial charge in [0.1, 0.15) is 5.82 Å². The second-order valence-corrected chi connectivity index (χ2v) is 8.05. The minimum atomic E-state index is -0.176. The van der Waals surface area contributed by atoms with Crippen LogP contribution in [0.2, 0.25) is 0 Å². The number of nitrogens with zero attached hydrogens (tertiary/aromatic N) is 2. The lowest BCUT2D eigenvalue weighted by atomic mass is 10.1. The zero-order valence-electron chi connectivity index (χ0n) is 16.3. The summed E-state index contributed by atoms with van der Waals surface area (Å²) in [5.41, 5.74) is 9.35. The van der Waals surface area contributed by atoms with Crippen molar-refractivity contribution < 1.29 is 9.59 Å². The SMILES string of the molecule is CSc1cccc(C(=O)c2cnn(-c3cc(C(=O)NC4CC4)ccc3C)c2N)c1. The average molecular weight is 407 g/mol. The molecule has 1 fully saturated rings. The Morgan fingerprint density at radius 2 is 1.97 bits per heavy atom. The Morgan fingerprint density at radius 1 is 1.17 bits per heavy atom. The quantitative estimate of drug-likeness (QED) is 0.482. The van der Waals surface area contributed by atoms with Crippen molar-refractivity contribution in [3.05, 3.63) is 70.9 Å². The fourth-order valence-electron chi connectivity index (χ4n) is 3.12. The number of benzene rings is 2. The van der Waals surface area contributed by atoms with E-state index in [0.29, 0.717) is 22.4 Å². The van der Waals surface area contributed by atoms with Crippen LogP contribution in [0.5, 0.6) is 0 Å². The average Bonchev–Trinajstić information content (AvgIpc) is 3.47. The van der Waals surface area contributed by atoms with Crippen molar-refractivity contribution in [2.45, 2.75) is 30.7 Å². The smallest absolute Gasteiger partial charge is 0.251 e. The molecular formula is C22H22N4O2S. The lowest BCUT2D eigenvalue weighted by Gasteiger charge is -2.11. The van der Waals surface area contributed by atoms with E-state index in [-0.39, 0.29) is 23.6 Å². The maximum atomic E-state index is 13.0. The van der Waals surface area contributed by atoms with Gasteiger partial charge in [-0.3, -0.25) is 9.59 Å². The van der Waals surface area contributed by atoms with Gasteiger partial charge in [0.25, 0.3) is 5.91 Å². The highest BCUT2D eigenvalue weighted by Gasteiger charge is 2.24. The molecule has 4 rings (SSSR count). The Hall–Kier alpha value is -3.06. The Labute approximate surface area is 173 Å². The van der Waals surface area contributed by atoms with Gasteiger partial charge in [-0.2, -0.15) is 5.10 Å². The molecule has 0 saturated heterocycles. The molecule has 3 aromatic rings. The van der Waals surface area contributed by atoms with Crippen LogP contribution in [0, 0.1) is 6.92 Å². The Kier molecular flexibility index (Phi) is 5.15. The summed E-state index contributed by atoms with van der Waals surface area (Å²) in [4.78, 5) is 26.4. The molecule has 0 radical (unpaired) electrons. The molecular weight excluding hydrogens is 384 g/mol. The van der Waals surface area contributed by atoms with Crippen molar-refractivity contribution in [3.63, 3.8) is 0 Å². The molecule has 0 unspecified atom stereocenters. The predicted molar refractivity (Wildman–Crippen MR) is 115 cm³/mol. The molecule has 1 aliphatic rings. The molecule has 0 spiro atoms. The number of aromatic nitrogens is 2. The lowest BCUT2D eigenvalue weighted by Crippen LogP contribution is -2.25. The van der Waals surface area contributed by atoms with Crippen LogP contribution in [0.25, 0.3) is 5.69 Å². The second kappa shape index (κ2) is 7.75. The van der Waals surface area contributed by atoms with Gasteiger partial charge in [-0.1, -0.05) is 18.2 Å². The van der Waals surface area contributed by atoms with Crippen LogP contribution >= 0.6 is 11.8 Å². The van der Waals surface area contributed by atoms with Crippen molar-refractivity contribution in [2.24, 2.45) is 0 Å². The van der Waals surface area contributed by atoms with Crippen molar-refractivity contribution in [1.82, 2.24) is 15.1 Å². The summed E-state index contributed by atoms with van der Waals surface area (Å²) in [6.07, 6.45) is 5.50. The molecule has 7 heteroatoms. The number of anilines is 1. The number of amides is 1. The molecule has 1 saturated carbocycles. The summed E-state index contributed by atoms with van der Waals surface area (Å²) in [5.74, 6) is -0.0259. The van der Waals surface area contributed by atoms with E-state index in [1.165, 1.54) is 10.9 Å². The molecule has 6 nitrogen and oxygen atoms in total. The number of hydrogen-bond acceptors (Lipinski definition) is 5. The zero-order chi connectivity index (χ0) is 20.5. The van der Waals surface area contributed by atoms with Crippen LogP contribution in [-0.2, 0) is 0 Å². The molecule has 1 heterocycles. The largest absolute Gasteiger partial charge is 0.383 e. The number of ketones is 1. The summed E-state index contributed by atoms with van der Waals surface area (Å²) in [6, 6.07) is 13.1. The number of aryl methyl sites for hydroxylation is 1. The zero-order valence-corrected chi connectivity index (χ0v) is 17.1. The van der Waals surface area contributed by atoms with E-state index >= 15 is 0 Å². The summed E-state index contributed by atoms with van der Waals surface area (Å²) in [7, 11) is 0. The number of nitrogens with two attached hydrogens (primary N) is 1. The van der Waals surface area contributed by atoms with Crippen LogP contribution in [0.4, 0.5) is 5.82 Å². The van der Waals surface area contributed by atoms with E-state index in [1.54, 1.807) is 30.0 Å². The minimum Gasteiger partial charge on any atom is -0.383 e. The standard InChI is InChI=1S/C22H22N4O2S/c1-13-6-7-15(22(28)25-16-8-9-16)11-19(13)26-21(23)18(12-24-26)20(27)14-4-3-5-17(10-14)29-2/h3-7,10-12,16H,8-9,23H2,1-2H3,(H,25,28). The highest BCUT2D eigenvalue weighted by Crippen LogP contribution is 2.25. The highest BCUT2D eigenvalue weighted by atomic mass is 32.2. The van der Waals surface area contributed by atoms with E-state index in [0.717, 1.165) is 23.3 Å². The van der Waals surface area contributed by atoms with E-state index in [1.807, 2.05) is 37.4 Å². The molecule has 0 atom stereocenters. The molecule has 0 bridgehead atoms. The van der Waals surface area contributed by atoms with Gasteiger partial charge in [-0.15, -0.1) is 11.8 Å². The van der Waals surface area contributed by atoms with E-state index in [4.69, 9.17) is 5.73 Å². The topological polar surface area (TPSA) is 90.0 Å². The maximum absolute atomic E-state index is 13.0. The summed E-state index contributed by atoms with van der Waals surface area (Å²) in [5, 5.41) is 7.33. The predicted octanol–water partition coefficient (Wildman–Crippen LogP) is 3.61. The molecule has 3 N–H and O–H groups in total. The van der Waals surface area contributed by atoms with Crippen LogP contribution in [-0.4, -0.2) is 33.8 Å². The van der Waals surface area contributed by atoms with Crippen LogP contribution in [0.15, 0.2) is 53.6 Å². The number of nitrogen functional groups attached to an aromatic ring is 1. The number of carbonyl (C=O) groups is 2. The number of hydrogen-bond donors (Lipinski definition) is 2. The monoisotopic (exact) mass is 406 g/mol. The van der Waals surface area contributed by atoms with Gasteiger partial charge in [-0.25, -0.2) is 4.68 Å². The summed E-state index contributed by atoms with van der Waals surface area (Å²) in [6.45, 7) is 1.92. The van der Waals surface area contributed by atoms with E-state index in [2.05, 4.69) is 10.4 Å². The first kappa shape index (κ1) is 19.3. The third-order valence-corrected chi connectivity index (χ3v) is 5.72. The fraction of sp³-hybridized carbons (Fsp3) is 0.227. The van der Waals surface area contributed by atoms with Crippen molar-refractivity contribution >= 4 is 29.3 Å². The van der Waals surface area contributed by atoms with Gasteiger partial charge < -0.3 is 11.1 Å². The molecule has 1 aromatic heterocycles. The third kappa shape index (κ3) is 3.91. The minimum absolute atomic E-state index is 0.107. The Bertz CT molecular complexity index is 1100. The van der Waals surface area contributed by atoms with E-state index < -0.39 is 0 Å². The first-order chi connectivity index (χ1) is 14.0. The van der Waals surface area contributed by atoms with Gasteiger partial charge in [0, 0.05) is 22.1 Å². The second-order valence-electron chi connectivity index (χ2n) is 7.17. The number of carbonyl (C=O) groups excluding carboxylic acids is 2. The first-order valence-corrected chi connectivity index (χ1v) is 10.6. The lowest BCUT2D eigenvalue weighted by molar-refractivity contribution is 0.0950. The van der Waals surface area contributed by atoms with Gasteiger partial charge in [0.05, 0.1) is 17.4 Å². The number of nitrogens with one attached hydrogen (secondary N) is 1. The third-order valence-electron chi connectivity index (χ3n) is 5.00. The van der Waals surface area contributed by atoms with Crippen molar-refractivity contribution in [2.75, 3.05) is 12.0 Å². The maximum Gasteiger partial charge on any atom is 0.251 e. The van der Waals surface area contributed by atoms with Crippen LogP contribution in [0.3, 0.4) is 0 Å². The van der Waals surface area contributed by atoms with Gasteiger partial charge >= 0.3 is 0 Å². The summed E-state index contributed by atoms with van der Waals surface area (Å²) < 4.78 is 1.52. The number of thioether (sulfide) groups is 1. The molecule has 0 aliphatic heterocycles. The highest BCUT2D eigenvalue weighted by molar-refractivity contribution is 7.98. The van der Waals surface area contributed by atoms with Crippen LogP contribution < -0.4 is 11.1 Å². The molecule has 1 aliphatic carbocycles. The molecule has 29 heavy (non-hydrogen) atoms. The first-order valence-electron chi connectivity index (χ1n) is 9.42. The van der Waals surface area contributed by atoms with E-state index in [9.17, 15) is 9.59 Å². The summed E-state index contributed by atoms with van der Waals surface area (Å²) >= 11 is 1.57. The fourth-order valence-corrected chi connectivity index (χ4v) is 3.58. The molecule has 2 aromatic carbocycles. The molecule has 1 amide bonds. The Morgan fingerprint density at radius 3 is 2.69 bits per heavy atom. The van der Waals surface area contributed by atoms with Gasteiger partial charge in [-0.05, 0) is 55.9 Å². The van der Waals surface area contributed by atoms with Crippen molar-refractivity contribution in [1.29, 1.82) is 0 Å². The normalized spacial score (nSPS) is 13.3.